The second-order valence-corrected chi connectivity index (χ2v) is 6.25. The van der Waals surface area contributed by atoms with Crippen molar-refractivity contribution in [2.24, 2.45) is 5.41 Å². The van der Waals surface area contributed by atoms with Crippen LogP contribution in [0, 0.1) is 5.41 Å². The number of rotatable bonds is 7. The molecule has 0 aliphatic carbocycles. The molecule has 1 N–H and O–H groups in total. The Bertz CT molecular complexity index is 389. The van der Waals surface area contributed by atoms with Gasteiger partial charge in [0, 0.05) is 0 Å². The van der Waals surface area contributed by atoms with Crippen LogP contribution >= 0.6 is 0 Å². The van der Waals surface area contributed by atoms with Crippen LogP contribution in [0.3, 0.4) is 0 Å². The predicted molar refractivity (Wildman–Crippen MR) is 60.8 cm³/mol. The molecule has 0 fully saturated rings. The smallest absolute Gasteiger partial charge is 0.460 e. The number of halogens is 2. The summed E-state index contributed by atoms with van der Waals surface area (Å²) in [6.07, 6.45) is 2.04. The van der Waals surface area contributed by atoms with Crippen molar-refractivity contribution in [2.75, 3.05) is 6.61 Å². The van der Waals surface area contributed by atoms with Gasteiger partial charge in [-0.15, -0.1) is 0 Å². The number of alkyl halides is 2. The van der Waals surface area contributed by atoms with Gasteiger partial charge in [-0.1, -0.05) is 27.2 Å². The fourth-order valence-corrected chi connectivity index (χ4v) is 1.68. The molecule has 0 aliphatic rings. The molecule has 0 bridgehead atoms. The summed E-state index contributed by atoms with van der Waals surface area (Å²) in [5.41, 5.74) is -0.192. The van der Waals surface area contributed by atoms with Crippen molar-refractivity contribution in [1.82, 2.24) is 0 Å². The number of hydrogen-bond acceptors (Lipinski definition) is 4. The van der Waals surface area contributed by atoms with Gasteiger partial charge in [-0.05, 0) is 18.3 Å². The summed E-state index contributed by atoms with van der Waals surface area (Å²) >= 11 is 0. The average Bonchev–Trinajstić information content (AvgIpc) is 2.14. The van der Waals surface area contributed by atoms with Gasteiger partial charge >= 0.3 is 21.3 Å². The topological polar surface area (TPSA) is 80.7 Å². The van der Waals surface area contributed by atoms with E-state index in [0.717, 1.165) is 12.8 Å². The highest BCUT2D eigenvalue weighted by Gasteiger charge is 2.54. The Morgan fingerprint density at radius 1 is 1.28 bits per heavy atom. The lowest BCUT2D eigenvalue weighted by Gasteiger charge is -2.23. The van der Waals surface area contributed by atoms with Gasteiger partial charge in [-0.25, -0.2) is 4.79 Å². The van der Waals surface area contributed by atoms with Crippen LogP contribution in [0.1, 0.15) is 40.0 Å². The van der Waals surface area contributed by atoms with Crippen LogP contribution in [-0.2, 0) is 19.6 Å². The average molecular weight is 288 g/mol. The molecule has 0 amide bonds. The Morgan fingerprint density at radius 3 is 2.17 bits per heavy atom. The zero-order valence-electron chi connectivity index (χ0n) is 10.6. The molecule has 0 radical (unpaired) electrons. The summed E-state index contributed by atoms with van der Waals surface area (Å²) in [7, 11) is -5.79. The Hall–Kier alpha value is -0.760. The van der Waals surface area contributed by atoms with Crippen LogP contribution in [0.25, 0.3) is 0 Å². The van der Waals surface area contributed by atoms with Crippen molar-refractivity contribution in [3.8, 4) is 0 Å². The van der Waals surface area contributed by atoms with Gasteiger partial charge < -0.3 is 4.74 Å². The second-order valence-electron chi connectivity index (χ2n) is 4.79. The lowest BCUT2D eigenvalue weighted by molar-refractivity contribution is -0.162. The van der Waals surface area contributed by atoms with Crippen molar-refractivity contribution < 1.29 is 31.3 Å². The molecule has 18 heavy (non-hydrogen) atoms. The second kappa shape index (κ2) is 5.92. The van der Waals surface area contributed by atoms with E-state index in [2.05, 4.69) is 4.74 Å². The number of esters is 1. The minimum atomic E-state index is -5.79. The van der Waals surface area contributed by atoms with E-state index < -0.39 is 21.3 Å². The van der Waals surface area contributed by atoms with Crippen LogP contribution in [-0.4, -0.2) is 30.8 Å². The van der Waals surface area contributed by atoms with E-state index in [1.54, 1.807) is 0 Å². The lowest BCUT2D eigenvalue weighted by atomic mass is 9.85. The molecular formula is C10H18F2O5S. The van der Waals surface area contributed by atoms with Gasteiger partial charge in [0.2, 0.25) is 0 Å². The predicted octanol–water partition coefficient (Wildman–Crippen LogP) is 2.23. The highest BCUT2D eigenvalue weighted by molar-refractivity contribution is 7.87. The fourth-order valence-electron chi connectivity index (χ4n) is 1.41. The van der Waals surface area contributed by atoms with Crippen molar-refractivity contribution in [1.29, 1.82) is 0 Å². The first kappa shape index (κ1) is 17.2. The minimum Gasteiger partial charge on any atom is -0.460 e. The Labute approximate surface area is 105 Å². The van der Waals surface area contributed by atoms with Crippen molar-refractivity contribution in [3.05, 3.63) is 0 Å². The first-order valence-corrected chi connectivity index (χ1v) is 6.90. The third-order valence-electron chi connectivity index (χ3n) is 2.50. The van der Waals surface area contributed by atoms with E-state index in [0.29, 0.717) is 6.42 Å². The molecular weight excluding hydrogens is 270 g/mol. The van der Waals surface area contributed by atoms with Crippen molar-refractivity contribution in [3.63, 3.8) is 0 Å². The first-order chi connectivity index (χ1) is 7.94. The third kappa shape index (κ3) is 4.85. The molecule has 0 saturated heterocycles. The molecule has 8 heteroatoms. The van der Waals surface area contributed by atoms with Crippen molar-refractivity contribution >= 4 is 16.1 Å². The van der Waals surface area contributed by atoms with E-state index in [1.165, 1.54) is 0 Å². The normalized spacial score (nSPS) is 13.4. The summed E-state index contributed by atoms with van der Waals surface area (Å²) in [6.45, 7) is 5.40. The molecule has 0 heterocycles. The van der Waals surface area contributed by atoms with Gasteiger partial charge in [0.1, 0.15) is 0 Å². The maximum absolute atomic E-state index is 12.8. The molecule has 5 nitrogen and oxygen atoms in total. The van der Waals surface area contributed by atoms with E-state index in [-0.39, 0.29) is 12.0 Å². The van der Waals surface area contributed by atoms with Crippen LogP contribution in [0.2, 0.25) is 0 Å². The summed E-state index contributed by atoms with van der Waals surface area (Å²) in [4.78, 5) is 10.8. The molecule has 0 aromatic rings. The van der Waals surface area contributed by atoms with Gasteiger partial charge in [-0.2, -0.15) is 17.2 Å². The lowest BCUT2D eigenvalue weighted by Crippen LogP contribution is -2.39. The standard InChI is InChI=1S/C10H18F2O5S/c1-4-5-9(2,3)6-7-17-8(13)10(11,12)18(14,15)16/h4-7H2,1-3H3,(H,14,15,16). The molecule has 0 atom stereocenters. The van der Waals surface area contributed by atoms with E-state index >= 15 is 0 Å². The molecule has 0 saturated carbocycles. The monoisotopic (exact) mass is 288 g/mol. The van der Waals surface area contributed by atoms with Crippen LogP contribution in [0.5, 0.6) is 0 Å². The number of carbonyl (C=O) groups excluding carboxylic acids is 1. The van der Waals surface area contributed by atoms with E-state index in [1.807, 2.05) is 20.8 Å². The number of hydrogen-bond donors (Lipinski definition) is 1. The Kier molecular flexibility index (Phi) is 5.67. The molecule has 0 spiro atoms. The van der Waals surface area contributed by atoms with E-state index in [4.69, 9.17) is 4.55 Å². The molecule has 108 valence electrons. The maximum atomic E-state index is 12.8. The highest BCUT2D eigenvalue weighted by atomic mass is 32.2. The van der Waals surface area contributed by atoms with Crippen LogP contribution in [0.4, 0.5) is 8.78 Å². The third-order valence-corrected chi connectivity index (χ3v) is 3.31. The minimum absolute atomic E-state index is 0.192. The summed E-state index contributed by atoms with van der Waals surface area (Å²) < 4.78 is 58.5. The molecule has 0 aliphatic heterocycles. The maximum Gasteiger partial charge on any atom is 0.465 e. The fraction of sp³-hybridized carbons (Fsp3) is 0.900. The van der Waals surface area contributed by atoms with Gasteiger partial charge in [-0.3, -0.25) is 4.55 Å². The Balaban J connectivity index is 4.38. The van der Waals surface area contributed by atoms with Crippen LogP contribution < -0.4 is 0 Å². The molecule has 0 aromatic carbocycles. The SMILES string of the molecule is CCCC(C)(C)CCOC(=O)C(F)(F)S(=O)(=O)O. The van der Waals surface area contributed by atoms with Crippen molar-refractivity contribution in [2.45, 2.75) is 45.3 Å². The number of carbonyl (C=O) groups is 1. The molecule has 0 rings (SSSR count). The van der Waals surface area contributed by atoms with Gasteiger partial charge in [0.05, 0.1) is 6.61 Å². The molecule has 0 aromatic heterocycles. The summed E-state index contributed by atoms with van der Waals surface area (Å²) in [6, 6.07) is 0. The molecule has 0 unspecified atom stereocenters. The van der Waals surface area contributed by atoms with Gasteiger partial charge in [0.15, 0.2) is 0 Å². The highest BCUT2D eigenvalue weighted by Crippen LogP contribution is 2.27. The quantitative estimate of drug-likeness (QED) is 0.574. The zero-order chi connectivity index (χ0) is 14.6. The first-order valence-electron chi connectivity index (χ1n) is 5.46. The van der Waals surface area contributed by atoms with E-state index in [9.17, 15) is 22.0 Å². The largest absolute Gasteiger partial charge is 0.465 e. The summed E-state index contributed by atoms with van der Waals surface area (Å²) in [5.74, 6) is -2.25. The number of ether oxygens (including phenoxy) is 1. The zero-order valence-corrected chi connectivity index (χ0v) is 11.4. The Morgan fingerprint density at radius 2 is 1.78 bits per heavy atom. The summed E-state index contributed by atoms with van der Waals surface area (Å²) in [5, 5.41) is -4.91. The van der Waals surface area contributed by atoms with Gasteiger partial charge in [0.25, 0.3) is 0 Å². The van der Waals surface area contributed by atoms with Crippen LogP contribution in [0.15, 0.2) is 0 Å².